The van der Waals surface area contributed by atoms with Crippen molar-refractivity contribution in [2.45, 2.75) is 44.4 Å². The van der Waals surface area contributed by atoms with Crippen molar-refractivity contribution in [3.63, 3.8) is 0 Å². The van der Waals surface area contributed by atoms with Gasteiger partial charge in [-0.25, -0.2) is 0 Å². The lowest BCUT2D eigenvalue weighted by atomic mass is 9.98. The minimum Gasteiger partial charge on any atom is -0.491 e. The molecule has 1 aliphatic heterocycles. The maximum absolute atomic E-state index is 10.1. The van der Waals surface area contributed by atoms with Gasteiger partial charge in [0.05, 0.1) is 6.10 Å². The van der Waals surface area contributed by atoms with Crippen molar-refractivity contribution >= 4 is 0 Å². The molecule has 1 heterocycles. The molecule has 4 nitrogen and oxygen atoms in total. The average molecular weight is 279 g/mol. The molecule has 1 saturated heterocycles. The summed E-state index contributed by atoms with van der Waals surface area (Å²) >= 11 is 0. The Balaban J connectivity index is 1.79. The number of rotatable bonds is 6. The van der Waals surface area contributed by atoms with E-state index in [0.717, 1.165) is 31.6 Å². The molecule has 20 heavy (non-hydrogen) atoms. The Bertz CT molecular complexity index is 383. The molecule has 0 aromatic heterocycles. The predicted octanol–water partition coefficient (Wildman–Crippen LogP) is 1.66. The third-order valence-electron chi connectivity index (χ3n) is 3.85. The van der Waals surface area contributed by atoms with Gasteiger partial charge in [0.15, 0.2) is 0 Å². The first-order valence-electron chi connectivity index (χ1n) is 7.45. The molecule has 0 amide bonds. The molecule has 1 aromatic rings. The molecule has 3 unspecified atom stereocenters. The topological polar surface area (TPSA) is 52.9 Å². The number of para-hydroxylation sites is 1. The normalized spacial score (nSPS) is 23.2. The fourth-order valence-corrected chi connectivity index (χ4v) is 2.82. The lowest BCUT2D eigenvalue weighted by molar-refractivity contribution is -0.00277. The third-order valence-corrected chi connectivity index (χ3v) is 3.85. The van der Waals surface area contributed by atoms with Crippen LogP contribution in [-0.4, -0.2) is 53.1 Å². The Labute approximate surface area is 121 Å². The third kappa shape index (κ3) is 4.47. The molecule has 0 spiro atoms. The number of likely N-dealkylation sites (tertiary alicyclic amines) is 1. The zero-order valence-electron chi connectivity index (χ0n) is 12.1. The van der Waals surface area contributed by atoms with E-state index in [2.05, 4.69) is 4.90 Å². The maximum Gasteiger partial charge on any atom is 0.119 e. The van der Waals surface area contributed by atoms with Crippen LogP contribution in [0.15, 0.2) is 30.3 Å². The first-order chi connectivity index (χ1) is 9.66. The molecule has 0 radical (unpaired) electrons. The highest BCUT2D eigenvalue weighted by atomic mass is 16.5. The van der Waals surface area contributed by atoms with Gasteiger partial charge in [-0.2, -0.15) is 0 Å². The summed E-state index contributed by atoms with van der Waals surface area (Å²) in [6, 6.07) is 9.68. The molecular formula is C16H25NO3. The lowest BCUT2D eigenvalue weighted by Gasteiger charge is -2.38. The van der Waals surface area contributed by atoms with Crippen LogP contribution in [0.5, 0.6) is 5.75 Å². The summed E-state index contributed by atoms with van der Waals surface area (Å²) in [5, 5.41) is 19.9. The van der Waals surface area contributed by atoms with Crippen molar-refractivity contribution in [1.82, 2.24) is 4.90 Å². The zero-order valence-corrected chi connectivity index (χ0v) is 12.1. The van der Waals surface area contributed by atoms with Crippen LogP contribution >= 0.6 is 0 Å². The van der Waals surface area contributed by atoms with Gasteiger partial charge in [0.25, 0.3) is 0 Å². The van der Waals surface area contributed by atoms with Crippen molar-refractivity contribution in [3.8, 4) is 5.75 Å². The number of β-amino-alcohol motifs (C(OH)–C–C–N with tert-alkyl or cyclic N) is 1. The maximum atomic E-state index is 10.1. The van der Waals surface area contributed by atoms with Gasteiger partial charge in [-0.1, -0.05) is 24.6 Å². The number of ether oxygens (including phenoxy) is 1. The summed E-state index contributed by atoms with van der Waals surface area (Å²) < 4.78 is 5.57. The van der Waals surface area contributed by atoms with Crippen molar-refractivity contribution in [2.24, 2.45) is 0 Å². The largest absolute Gasteiger partial charge is 0.491 e. The van der Waals surface area contributed by atoms with Crippen molar-refractivity contribution < 1.29 is 14.9 Å². The molecule has 0 saturated carbocycles. The summed E-state index contributed by atoms with van der Waals surface area (Å²) in [4.78, 5) is 2.19. The van der Waals surface area contributed by atoms with Gasteiger partial charge in [0.1, 0.15) is 18.5 Å². The van der Waals surface area contributed by atoms with E-state index in [4.69, 9.17) is 4.74 Å². The predicted molar refractivity (Wildman–Crippen MR) is 78.8 cm³/mol. The van der Waals surface area contributed by atoms with E-state index in [1.54, 1.807) is 0 Å². The molecule has 112 valence electrons. The standard InChI is InChI=1S/C16H25NO3/c1-13(18)16-9-5-6-10-17(16)11-14(19)12-20-15-7-3-2-4-8-15/h2-4,7-8,13-14,16,18-19H,5-6,9-12H2,1H3. The molecule has 0 bridgehead atoms. The SMILES string of the molecule is CC(O)C1CCCCN1CC(O)COc1ccccc1. The Morgan fingerprint density at radius 1 is 1.25 bits per heavy atom. The Hall–Kier alpha value is -1.10. The molecule has 3 atom stereocenters. The molecular weight excluding hydrogens is 254 g/mol. The molecule has 1 fully saturated rings. The fraction of sp³-hybridized carbons (Fsp3) is 0.625. The molecule has 2 N–H and O–H groups in total. The van der Waals surface area contributed by atoms with E-state index in [1.165, 1.54) is 0 Å². The second-order valence-corrected chi connectivity index (χ2v) is 5.58. The van der Waals surface area contributed by atoms with Gasteiger partial charge in [-0.15, -0.1) is 0 Å². The van der Waals surface area contributed by atoms with Gasteiger partial charge in [0, 0.05) is 12.6 Å². The van der Waals surface area contributed by atoms with E-state index in [1.807, 2.05) is 37.3 Å². The van der Waals surface area contributed by atoms with E-state index in [9.17, 15) is 10.2 Å². The average Bonchev–Trinajstić information content (AvgIpc) is 2.46. The molecule has 4 heteroatoms. The van der Waals surface area contributed by atoms with Crippen molar-refractivity contribution in [1.29, 1.82) is 0 Å². The number of aliphatic hydroxyl groups excluding tert-OH is 2. The monoisotopic (exact) mass is 279 g/mol. The first-order valence-corrected chi connectivity index (χ1v) is 7.45. The molecule has 0 aliphatic carbocycles. The molecule has 2 rings (SSSR count). The van der Waals surface area contributed by atoms with Crippen molar-refractivity contribution in [2.75, 3.05) is 19.7 Å². The molecule has 1 aromatic carbocycles. The van der Waals surface area contributed by atoms with Gasteiger partial charge in [-0.05, 0) is 38.4 Å². The second kappa shape index (κ2) is 7.62. The number of piperidine rings is 1. The van der Waals surface area contributed by atoms with Crippen LogP contribution < -0.4 is 4.74 Å². The van der Waals surface area contributed by atoms with Crippen LogP contribution in [-0.2, 0) is 0 Å². The number of aliphatic hydroxyl groups is 2. The quantitative estimate of drug-likeness (QED) is 0.831. The lowest BCUT2D eigenvalue weighted by Crippen LogP contribution is -2.49. The van der Waals surface area contributed by atoms with Gasteiger partial charge >= 0.3 is 0 Å². The number of nitrogens with zero attached hydrogens (tertiary/aromatic N) is 1. The highest BCUT2D eigenvalue weighted by molar-refractivity contribution is 5.20. The van der Waals surface area contributed by atoms with Crippen LogP contribution in [0.2, 0.25) is 0 Å². The summed E-state index contributed by atoms with van der Waals surface area (Å²) in [7, 11) is 0. The smallest absolute Gasteiger partial charge is 0.119 e. The highest BCUT2D eigenvalue weighted by Crippen LogP contribution is 2.20. The summed E-state index contributed by atoms with van der Waals surface area (Å²) in [6.45, 7) is 3.61. The van der Waals surface area contributed by atoms with Gasteiger partial charge < -0.3 is 14.9 Å². The minimum atomic E-state index is -0.533. The summed E-state index contributed by atoms with van der Waals surface area (Å²) in [5.74, 6) is 0.775. The summed E-state index contributed by atoms with van der Waals surface area (Å²) in [5.41, 5.74) is 0. The van der Waals surface area contributed by atoms with Crippen LogP contribution in [0, 0.1) is 0 Å². The van der Waals surface area contributed by atoms with Crippen LogP contribution in [0.3, 0.4) is 0 Å². The highest BCUT2D eigenvalue weighted by Gasteiger charge is 2.27. The van der Waals surface area contributed by atoms with E-state index >= 15 is 0 Å². The number of hydrogen-bond donors (Lipinski definition) is 2. The van der Waals surface area contributed by atoms with E-state index in [-0.39, 0.29) is 18.8 Å². The van der Waals surface area contributed by atoms with Crippen LogP contribution in [0.4, 0.5) is 0 Å². The first kappa shape index (κ1) is 15.3. The number of hydrogen-bond acceptors (Lipinski definition) is 4. The zero-order chi connectivity index (χ0) is 14.4. The summed E-state index contributed by atoms with van der Waals surface area (Å²) in [6.07, 6.45) is 2.41. The van der Waals surface area contributed by atoms with Crippen LogP contribution in [0.25, 0.3) is 0 Å². The van der Waals surface area contributed by atoms with Crippen molar-refractivity contribution in [3.05, 3.63) is 30.3 Å². The van der Waals surface area contributed by atoms with Crippen LogP contribution in [0.1, 0.15) is 26.2 Å². The fourth-order valence-electron chi connectivity index (χ4n) is 2.82. The Kier molecular flexibility index (Phi) is 5.83. The van der Waals surface area contributed by atoms with E-state index < -0.39 is 6.10 Å². The number of benzene rings is 1. The molecule has 1 aliphatic rings. The van der Waals surface area contributed by atoms with Gasteiger partial charge in [0.2, 0.25) is 0 Å². The minimum absolute atomic E-state index is 0.162. The van der Waals surface area contributed by atoms with Gasteiger partial charge in [-0.3, -0.25) is 4.90 Å². The second-order valence-electron chi connectivity index (χ2n) is 5.58. The Morgan fingerprint density at radius 2 is 2.00 bits per heavy atom. The Morgan fingerprint density at radius 3 is 2.70 bits per heavy atom. The van der Waals surface area contributed by atoms with E-state index in [0.29, 0.717) is 6.54 Å².